The van der Waals surface area contributed by atoms with Gasteiger partial charge in [-0.2, -0.15) is 0 Å². The van der Waals surface area contributed by atoms with Gasteiger partial charge >= 0.3 is 0 Å². The van der Waals surface area contributed by atoms with Crippen LogP contribution in [0.25, 0.3) is 0 Å². The van der Waals surface area contributed by atoms with Gasteiger partial charge < -0.3 is 13.9 Å². The number of imidazole rings is 1. The van der Waals surface area contributed by atoms with Gasteiger partial charge in [0.05, 0.1) is 6.26 Å². The molecule has 3 heterocycles. The third-order valence-electron chi connectivity index (χ3n) is 5.42. The molecule has 2 aromatic heterocycles. The van der Waals surface area contributed by atoms with Crippen LogP contribution in [0.2, 0.25) is 0 Å². The molecular formula is C19H25N3O2. The Kier molecular flexibility index (Phi) is 4.17. The van der Waals surface area contributed by atoms with Crippen LogP contribution in [0.15, 0.2) is 29.0 Å². The number of carbonyl (C=O) groups excluding carboxylic acids is 1. The normalized spacial score (nSPS) is 19.0. The first-order chi connectivity index (χ1) is 11.7. The first kappa shape index (κ1) is 15.5. The van der Waals surface area contributed by atoms with E-state index in [1.807, 2.05) is 11.1 Å². The van der Waals surface area contributed by atoms with Crippen molar-refractivity contribution in [2.45, 2.75) is 51.5 Å². The van der Waals surface area contributed by atoms with Crippen LogP contribution in [-0.4, -0.2) is 33.4 Å². The second kappa shape index (κ2) is 6.46. The minimum atomic E-state index is 0.0277. The molecule has 1 amide bonds. The summed E-state index contributed by atoms with van der Waals surface area (Å²) in [6, 6.07) is 3.51. The summed E-state index contributed by atoms with van der Waals surface area (Å²) in [5.41, 5.74) is 1.28. The van der Waals surface area contributed by atoms with Crippen LogP contribution in [0.4, 0.5) is 0 Å². The zero-order valence-corrected chi connectivity index (χ0v) is 14.3. The monoisotopic (exact) mass is 327 g/mol. The molecule has 0 N–H and O–H groups in total. The Labute approximate surface area is 142 Å². The SMILES string of the molecule is Cc1cnc(C2CC2)n1CCC1CCN(C(=O)c2ccco2)CC1. The molecule has 0 aromatic carbocycles. The lowest BCUT2D eigenvalue weighted by Crippen LogP contribution is -2.38. The number of aryl methyl sites for hydroxylation is 1. The molecule has 0 bridgehead atoms. The van der Waals surface area contributed by atoms with Crippen LogP contribution in [-0.2, 0) is 6.54 Å². The summed E-state index contributed by atoms with van der Waals surface area (Å²) in [6.07, 6.45) is 9.51. The molecule has 1 saturated heterocycles. The van der Waals surface area contributed by atoms with E-state index in [2.05, 4.69) is 16.5 Å². The summed E-state index contributed by atoms with van der Waals surface area (Å²) in [4.78, 5) is 18.8. The van der Waals surface area contributed by atoms with E-state index in [1.54, 1.807) is 18.4 Å². The van der Waals surface area contributed by atoms with Crippen molar-refractivity contribution >= 4 is 5.91 Å². The largest absolute Gasteiger partial charge is 0.459 e. The molecule has 1 saturated carbocycles. The molecule has 0 atom stereocenters. The molecular weight excluding hydrogens is 302 g/mol. The quantitative estimate of drug-likeness (QED) is 0.843. The zero-order valence-electron chi connectivity index (χ0n) is 14.3. The standard InChI is InChI=1S/C19H25N3O2/c1-14-13-20-18(16-4-5-16)22(14)11-8-15-6-9-21(10-7-15)19(23)17-3-2-12-24-17/h2-3,12-13,15-16H,4-11H2,1H3. The lowest BCUT2D eigenvalue weighted by atomic mass is 9.93. The third-order valence-corrected chi connectivity index (χ3v) is 5.42. The first-order valence-corrected chi connectivity index (χ1v) is 9.07. The van der Waals surface area contributed by atoms with Gasteiger partial charge in [-0.05, 0) is 57.1 Å². The van der Waals surface area contributed by atoms with Crippen molar-refractivity contribution in [2.24, 2.45) is 5.92 Å². The van der Waals surface area contributed by atoms with Gasteiger partial charge in [-0.1, -0.05) is 0 Å². The van der Waals surface area contributed by atoms with Crippen LogP contribution >= 0.6 is 0 Å². The fourth-order valence-electron chi connectivity index (χ4n) is 3.73. The highest BCUT2D eigenvalue weighted by atomic mass is 16.3. The van der Waals surface area contributed by atoms with Crippen molar-refractivity contribution in [1.82, 2.24) is 14.5 Å². The van der Waals surface area contributed by atoms with Gasteiger partial charge in [-0.15, -0.1) is 0 Å². The van der Waals surface area contributed by atoms with E-state index in [4.69, 9.17) is 4.42 Å². The number of likely N-dealkylation sites (tertiary alicyclic amines) is 1. The second-order valence-corrected chi connectivity index (χ2v) is 7.19. The second-order valence-electron chi connectivity index (χ2n) is 7.19. The van der Waals surface area contributed by atoms with E-state index >= 15 is 0 Å². The van der Waals surface area contributed by atoms with Crippen LogP contribution in [0, 0.1) is 12.8 Å². The molecule has 0 radical (unpaired) electrons. The number of rotatable bonds is 5. The van der Waals surface area contributed by atoms with Crippen molar-refractivity contribution in [3.8, 4) is 0 Å². The van der Waals surface area contributed by atoms with E-state index in [0.29, 0.717) is 17.6 Å². The molecule has 0 unspecified atom stereocenters. The number of amides is 1. The average molecular weight is 327 g/mol. The van der Waals surface area contributed by atoms with Gasteiger partial charge in [0.25, 0.3) is 5.91 Å². The van der Waals surface area contributed by atoms with Crippen LogP contribution in [0.3, 0.4) is 0 Å². The molecule has 1 aliphatic heterocycles. The summed E-state index contributed by atoms with van der Waals surface area (Å²) >= 11 is 0. The smallest absolute Gasteiger partial charge is 0.289 e. The fraction of sp³-hybridized carbons (Fsp3) is 0.579. The zero-order chi connectivity index (χ0) is 16.5. The third kappa shape index (κ3) is 3.12. The Morgan fingerprint density at radius 3 is 2.75 bits per heavy atom. The Morgan fingerprint density at radius 2 is 2.08 bits per heavy atom. The van der Waals surface area contributed by atoms with Crippen LogP contribution in [0.5, 0.6) is 0 Å². The Morgan fingerprint density at radius 1 is 1.29 bits per heavy atom. The van der Waals surface area contributed by atoms with Gasteiger partial charge in [-0.25, -0.2) is 4.98 Å². The number of piperidine rings is 1. The highest BCUT2D eigenvalue weighted by Crippen LogP contribution is 2.39. The molecule has 1 aliphatic carbocycles. The molecule has 2 fully saturated rings. The summed E-state index contributed by atoms with van der Waals surface area (Å²) in [6.45, 7) is 4.89. The van der Waals surface area contributed by atoms with E-state index < -0.39 is 0 Å². The number of carbonyl (C=O) groups is 1. The number of aromatic nitrogens is 2. The molecule has 5 heteroatoms. The Hall–Kier alpha value is -2.04. The molecule has 4 rings (SSSR count). The van der Waals surface area contributed by atoms with E-state index in [1.165, 1.54) is 30.8 Å². The van der Waals surface area contributed by atoms with Gasteiger partial charge in [0, 0.05) is 37.4 Å². The van der Waals surface area contributed by atoms with Crippen LogP contribution in [0.1, 0.15) is 60.1 Å². The summed E-state index contributed by atoms with van der Waals surface area (Å²) in [7, 11) is 0. The predicted molar refractivity (Wildman–Crippen MR) is 90.9 cm³/mol. The lowest BCUT2D eigenvalue weighted by molar-refractivity contribution is 0.0653. The van der Waals surface area contributed by atoms with Gasteiger partial charge in [0.1, 0.15) is 5.82 Å². The Balaban J connectivity index is 1.29. The highest BCUT2D eigenvalue weighted by Gasteiger charge is 2.29. The molecule has 24 heavy (non-hydrogen) atoms. The molecule has 2 aromatic rings. The maximum Gasteiger partial charge on any atom is 0.289 e. The fourth-order valence-corrected chi connectivity index (χ4v) is 3.73. The van der Waals surface area contributed by atoms with E-state index in [-0.39, 0.29) is 5.91 Å². The van der Waals surface area contributed by atoms with Crippen molar-refractivity contribution in [2.75, 3.05) is 13.1 Å². The van der Waals surface area contributed by atoms with E-state index in [9.17, 15) is 4.79 Å². The minimum Gasteiger partial charge on any atom is -0.459 e. The van der Waals surface area contributed by atoms with Crippen molar-refractivity contribution < 1.29 is 9.21 Å². The Bertz CT molecular complexity index is 692. The minimum absolute atomic E-state index is 0.0277. The van der Waals surface area contributed by atoms with E-state index in [0.717, 1.165) is 32.5 Å². The number of nitrogens with zero attached hydrogens (tertiary/aromatic N) is 3. The summed E-state index contributed by atoms with van der Waals surface area (Å²) in [5.74, 6) is 3.17. The summed E-state index contributed by atoms with van der Waals surface area (Å²) in [5, 5.41) is 0. The maximum absolute atomic E-state index is 12.3. The molecule has 2 aliphatic rings. The van der Waals surface area contributed by atoms with Crippen LogP contribution < -0.4 is 0 Å². The topological polar surface area (TPSA) is 51.3 Å². The molecule has 5 nitrogen and oxygen atoms in total. The average Bonchev–Trinajstić information content (AvgIpc) is 3.16. The number of hydrogen-bond acceptors (Lipinski definition) is 3. The van der Waals surface area contributed by atoms with Crippen molar-refractivity contribution in [3.05, 3.63) is 41.9 Å². The maximum atomic E-state index is 12.3. The number of hydrogen-bond donors (Lipinski definition) is 0. The molecule has 0 spiro atoms. The molecule has 128 valence electrons. The number of furan rings is 1. The van der Waals surface area contributed by atoms with Gasteiger partial charge in [-0.3, -0.25) is 4.79 Å². The lowest BCUT2D eigenvalue weighted by Gasteiger charge is -2.31. The van der Waals surface area contributed by atoms with Crippen molar-refractivity contribution in [1.29, 1.82) is 0 Å². The van der Waals surface area contributed by atoms with Crippen molar-refractivity contribution in [3.63, 3.8) is 0 Å². The van der Waals surface area contributed by atoms with Gasteiger partial charge in [0.15, 0.2) is 5.76 Å². The summed E-state index contributed by atoms with van der Waals surface area (Å²) < 4.78 is 7.64. The van der Waals surface area contributed by atoms with Gasteiger partial charge in [0.2, 0.25) is 0 Å². The predicted octanol–water partition coefficient (Wildman–Crippen LogP) is 3.60. The first-order valence-electron chi connectivity index (χ1n) is 9.07. The highest BCUT2D eigenvalue weighted by molar-refractivity contribution is 5.91.